The topological polar surface area (TPSA) is 9.34 Å². The highest BCUT2D eigenvalue weighted by Crippen LogP contribution is 2.43. The van der Waals surface area contributed by atoms with E-state index < -0.39 is 0 Å². The second-order valence-corrected chi connectivity index (χ2v) is 14.8. The Morgan fingerprint density at radius 1 is 0.314 bits per heavy atom. The van der Waals surface area contributed by atoms with Crippen molar-refractivity contribution in [3.63, 3.8) is 0 Å². The lowest BCUT2D eigenvalue weighted by Crippen LogP contribution is -1.94. The number of hydrogen-bond donors (Lipinski definition) is 0. The number of nitrogens with zero attached hydrogens (tertiary/aromatic N) is 2. The number of rotatable bonds is 3. The second kappa shape index (κ2) is 10.1. The molecule has 51 heavy (non-hydrogen) atoms. The van der Waals surface area contributed by atoms with E-state index in [9.17, 15) is 0 Å². The Morgan fingerprint density at radius 3 is 1.55 bits per heavy atom. The van der Waals surface area contributed by atoms with Crippen LogP contribution in [0.5, 0.6) is 0 Å². The molecule has 0 unspecified atom stereocenters. The van der Waals surface area contributed by atoms with Gasteiger partial charge < -0.3 is 8.97 Å². The van der Waals surface area contributed by atoms with Gasteiger partial charge in [-0.2, -0.15) is 0 Å². The molecule has 2 nitrogen and oxygen atoms in total. The minimum Gasteiger partial charge on any atom is -0.309 e. The van der Waals surface area contributed by atoms with Crippen molar-refractivity contribution >= 4 is 91.4 Å². The Kier molecular flexibility index (Phi) is 5.41. The summed E-state index contributed by atoms with van der Waals surface area (Å²) in [6.07, 6.45) is 0. The summed E-state index contributed by atoms with van der Waals surface area (Å²) in [6.45, 7) is 0. The molecule has 0 aliphatic rings. The van der Waals surface area contributed by atoms with Gasteiger partial charge in [-0.25, -0.2) is 0 Å². The van der Waals surface area contributed by atoms with Gasteiger partial charge in [-0.1, -0.05) is 103 Å². The van der Waals surface area contributed by atoms with Crippen LogP contribution in [-0.2, 0) is 0 Å². The molecule has 0 amide bonds. The van der Waals surface area contributed by atoms with Crippen LogP contribution in [0.1, 0.15) is 0 Å². The molecule has 8 aromatic carbocycles. The van der Waals surface area contributed by atoms with Gasteiger partial charge in [0.15, 0.2) is 0 Å². The molecule has 0 spiro atoms. The fraction of sp³-hybridized carbons (Fsp3) is 0. The summed E-state index contributed by atoms with van der Waals surface area (Å²) in [5, 5.41) is 10.4. The molecule has 0 atom stereocenters. The van der Waals surface area contributed by atoms with Crippen molar-refractivity contribution < 1.29 is 0 Å². The first-order valence-corrected chi connectivity index (χ1v) is 18.3. The largest absolute Gasteiger partial charge is 0.309 e. The summed E-state index contributed by atoms with van der Waals surface area (Å²) in [4.78, 5) is 0. The van der Waals surface area contributed by atoms with Crippen LogP contribution in [0.15, 0.2) is 170 Å². The SMILES string of the molecule is c1ccc2c(c1)sc1ccc(-c3ccc4c5ccccc5n(-c5ccc(-c6cc7c8ccccc8n8c9ccccc9c(c6)c78)cc5)c4c3)cc12. The molecule has 4 aromatic heterocycles. The minimum absolute atomic E-state index is 1.16. The Bertz CT molecular complexity index is 3270. The standard InChI is InChI=1S/C48H28N2S/c1-5-13-42-34(9-1)37-23-19-31(30-20-24-47-39(25-30)38-12-4-8-16-46(38)51-47)28-45(37)49(42)33-21-17-29(18-22-33)32-26-40-35-10-2-6-14-43(35)50-44-15-7-3-11-36(44)41(27-32)48(40)50/h1-28H. The minimum atomic E-state index is 1.16. The lowest BCUT2D eigenvalue weighted by Gasteiger charge is -2.11. The maximum absolute atomic E-state index is 2.44. The van der Waals surface area contributed by atoms with E-state index in [-0.39, 0.29) is 0 Å². The molecule has 0 aliphatic carbocycles. The van der Waals surface area contributed by atoms with Crippen LogP contribution in [0.3, 0.4) is 0 Å². The quantitative estimate of drug-likeness (QED) is 0.178. The van der Waals surface area contributed by atoms with Gasteiger partial charge in [0.25, 0.3) is 0 Å². The Morgan fingerprint density at radius 2 is 0.824 bits per heavy atom. The van der Waals surface area contributed by atoms with Gasteiger partial charge in [0.2, 0.25) is 0 Å². The lowest BCUT2D eigenvalue weighted by molar-refractivity contribution is 1.18. The van der Waals surface area contributed by atoms with Crippen molar-refractivity contribution in [2.45, 2.75) is 0 Å². The zero-order chi connectivity index (χ0) is 33.2. The molecule has 4 heterocycles. The number of aromatic nitrogens is 2. The highest BCUT2D eigenvalue weighted by Gasteiger charge is 2.19. The summed E-state index contributed by atoms with van der Waals surface area (Å²) in [6, 6.07) is 63.0. The van der Waals surface area contributed by atoms with Gasteiger partial charge in [0.1, 0.15) is 0 Å². The molecule has 12 aromatic rings. The van der Waals surface area contributed by atoms with E-state index in [4.69, 9.17) is 0 Å². The monoisotopic (exact) mass is 664 g/mol. The highest BCUT2D eigenvalue weighted by molar-refractivity contribution is 7.25. The summed E-state index contributed by atoms with van der Waals surface area (Å²) in [5.74, 6) is 0. The maximum Gasteiger partial charge on any atom is 0.0620 e. The molecule has 0 radical (unpaired) electrons. The van der Waals surface area contributed by atoms with Gasteiger partial charge in [0, 0.05) is 58.2 Å². The average Bonchev–Trinajstić information content (AvgIpc) is 3.93. The molecule has 0 saturated heterocycles. The van der Waals surface area contributed by atoms with Crippen LogP contribution in [0.2, 0.25) is 0 Å². The average molecular weight is 665 g/mol. The molecule has 0 saturated carbocycles. The fourth-order valence-electron chi connectivity index (χ4n) is 8.75. The molecule has 0 N–H and O–H groups in total. The van der Waals surface area contributed by atoms with Crippen LogP contribution >= 0.6 is 11.3 Å². The van der Waals surface area contributed by atoms with E-state index in [0.29, 0.717) is 0 Å². The molecule has 0 fully saturated rings. The van der Waals surface area contributed by atoms with Crippen LogP contribution in [-0.4, -0.2) is 8.97 Å². The van der Waals surface area contributed by atoms with E-state index in [0.717, 1.165) is 5.69 Å². The lowest BCUT2D eigenvalue weighted by atomic mass is 9.99. The van der Waals surface area contributed by atoms with E-state index in [1.165, 1.54) is 102 Å². The molecule has 0 aliphatic heterocycles. The normalized spacial score (nSPS) is 12.3. The molecule has 3 heteroatoms. The Hall–Kier alpha value is -6.42. The second-order valence-electron chi connectivity index (χ2n) is 13.7. The first kappa shape index (κ1) is 27.4. The predicted molar refractivity (Wildman–Crippen MR) is 219 cm³/mol. The van der Waals surface area contributed by atoms with Crippen LogP contribution < -0.4 is 0 Å². The summed E-state index contributed by atoms with van der Waals surface area (Å²) < 4.78 is 7.55. The van der Waals surface area contributed by atoms with E-state index >= 15 is 0 Å². The van der Waals surface area contributed by atoms with Crippen LogP contribution in [0.25, 0.3) is 108 Å². The number of benzene rings is 8. The third-order valence-corrected chi connectivity index (χ3v) is 12.2. The van der Waals surface area contributed by atoms with Gasteiger partial charge in [-0.05, 0) is 89.0 Å². The van der Waals surface area contributed by atoms with Crippen molar-refractivity contribution in [1.82, 2.24) is 8.97 Å². The van der Waals surface area contributed by atoms with Crippen molar-refractivity contribution in [3.05, 3.63) is 170 Å². The van der Waals surface area contributed by atoms with Crippen molar-refractivity contribution in [3.8, 4) is 27.9 Å². The zero-order valence-corrected chi connectivity index (χ0v) is 28.3. The van der Waals surface area contributed by atoms with Crippen LogP contribution in [0, 0.1) is 0 Å². The molecule has 236 valence electrons. The smallest absolute Gasteiger partial charge is 0.0620 e. The maximum atomic E-state index is 2.44. The third kappa shape index (κ3) is 3.76. The van der Waals surface area contributed by atoms with Gasteiger partial charge in [-0.15, -0.1) is 11.3 Å². The Labute approximate surface area is 297 Å². The highest BCUT2D eigenvalue weighted by atomic mass is 32.1. The number of hydrogen-bond acceptors (Lipinski definition) is 1. The van der Waals surface area contributed by atoms with E-state index in [1.807, 2.05) is 11.3 Å². The first-order chi connectivity index (χ1) is 25.3. The molecular weight excluding hydrogens is 637 g/mol. The summed E-state index contributed by atoms with van der Waals surface area (Å²) in [7, 11) is 0. The van der Waals surface area contributed by atoms with E-state index in [2.05, 4.69) is 179 Å². The van der Waals surface area contributed by atoms with Crippen molar-refractivity contribution in [1.29, 1.82) is 0 Å². The summed E-state index contributed by atoms with van der Waals surface area (Å²) >= 11 is 1.87. The molecule has 0 bridgehead atoms. The van der Waals surface area contributed by atoms with Gasteiger partial charge in [0.05, 0.1) is 27.6 Å². The van der Waals surface area contributed by atoms with Gasteiger partial charge in [-0.3, -0.25) is 0 Å². The number of thiophene rings is 1. The van der Waals surface area contributed by atoms with Gasteiger partial charge >= 0.3 is 0 Å². The van der Waals surface area contributed by atoms with Crippen molar-refractivity contribution in [2.75, 3.05) is 0 Å². The fourth-order valence-corrected chi connectivity index (χ4v) is 9.84. The molecule has 12 rings (SSSR count). The number of para-hydroxylation sites is 3. The third-order valence-electron chi connectivity index (χ3n) is 11.0. The Balaban J connectivity index is 1.03. The molecular formula is C48H28N2S. The first-order valence-electron chi connectivity index (χ1n) is 17.5. The number of fused-ring (bicyclic) bond motifs is 12. The zero-order valence-electron chi connectivity index (χ0n) is 27.5. The predicted octanol–water partition coefficient (Wildman–Crippen LogP) is 13.6. The van der Waals surface area contributed by atoms with Crippen molar-refractivity contribution in [2.24, 2.45) is 0 Å². The summed E-state index contributed by atoms with van der Waals surface area (Å²) in [5.41, 5.74) is 12.4. The van der Waals surface area contributed by atoms with Crippen LogP contribution in [0.4, 0.5) is 0 Å². The van der Waals surface area contributed by atoms with E-state index in [1.54, 1.807) is 0 Å².